The number of rotatable bonds is 13. The van der Waals surface area contributed by atoms with Crippen LogP contribution in [0.4, 0.5) is 11.4 Å². The summed E-state index contributed by atoms with van der Waals surface area (Å²) in [7, 11) is 0. The number of halogens is 1. The van der Waals surface area contributed by atoms with E-state index in [9.17, 15) is 24.6 Å². The Labute approximate surface area is 299 Å². The van der Waals surface area contributed by atoms with E-state index >= 15 is 0 Å². The number of carbonyl (C=O) groups is 3. The van der Waals surface area contributed by atoms with Gasteiger partial charge in [-0.2, -0.15) is 0 Å². The third-order valence-electron chi connectivity index (χ3n) is 9.12. The number of hydrogen-bond acceptors (Lipinski definition) is 5. The van der Waals surface area contributed by atoms with E-state index in [0.29, 0.717) is 23.5 Å². The average molecular weight is 736 g/mol. The van der Waals surface area contributed by atoms with Crippen molar-refractivity contribution in [2.75, 3.05) is 23.4 Å². The van der Waals surface area contributed by atoms with E-state index in [0.717, 1.165) is 32.1 Å². The fourth-order valence-electron chi connectivity index (χ4n) is 6.52. The minimum Gasteiger partial charge on any atom is -0.395 e. The maximum atomic E-state index is 14.1. The molecule has 5 aromatic rings. The average Bonchev–Trinajstić information content (AvgIpc) is 3.61. The predicted molar refractivity (Wildman–Crippen MR) is 198 cm³/mol. The van der Waals surface area contributed by atoms with Crippen molar-refractivity contribution in [3.05, 3.63) is 142 Å². The topological polar surface area (TPSA) is 126 Å². The Hall–Kier alpha value is -5.03. The fourth-order valence-corrected chi connectivity index (χ4v) is 6.88. The number of amides is 3. The molecule has 256 valence electrons. The lowest BCUT2D eigenvalue weighted by Gasteiger charge is -2.28. The highest BCUT2D eigenvalue weighted by Gasteiger charge is 2.52. The van der Waals surface area contributed by atoms with Crippen molar-refractivity contribution in [2.45, 2.75) is 38.5 Å². The van der Waals surface area contributed by atoms with E-state index in [1.807, 2.05) is 85.1 Å². The minimum atomic E-state index is -1.88. The number of aromatic amines is 1. The number of carbonyl (C=O) groups excluding carboxylic acids is 3. The van der Waals surface area contributed by atoms with Crippen LogP contribution >= 0.6 is 15.9 Å². The van der Waals surface area contributed by atoms with Crippen LogP contribution in [-0.2, 0) is 39.5 Å². The van der Waals surface area contributed by atoms with Gasteiger partial charge in [-0.3, -0.25) is 14.4 Å². The second-order valence-electron chi connectivity index (χ2n) is 12.5. The molecule has 0 spiro atoms. The van der Waals surface area contributed by atoms with Crippen molar-refractivity contribution in [3.63, 3.8) is 0 Å². The number of benzene rings is 4. The van der Waals surface area contributed by atoms with Gasteiger partial charge in [0.1, 0.15) is 0 Å². The second kappa shape index (κ2) is 15.2. The summed E-state index contributed by atoms with van der Waals surface area (Å²) in [5.74, 6) is -1.48. The van der Waals surface area contributed by atoms with Gasteiger partial charge in [-0.05, 0) is 53.1 Å². The number of fused-ring (bicyclic) bond motifs is 2. The summed E-state index contributed by atoms with van der Waals surface area (Å²) in [6, 6.07) is 30.1. The van der Waals surface area contributed by atoms with Gasteiger partial charge in [-0.25, -0.2) is 0 Å². The number of aliphatic hydroxyl groups excluding tert-OH is 1. The number of aromatic nitrogens is 1. The lowest BCUT2D eigenvalue weighted by Crippen LogP contribution is -2.44. The van der Waals surface area contributed by atoms with Crippen molar-refractivity contribution in [3.8, 4) is 0 Å². The van der Waals surface area contributed by atoms with Gasteiger partial charge >= 0.3 is 0 Å². The first-order valence-electron chi connectivity index (χ1n) is 16.5. The van der Waals surface area contributed by atoms with E-state index in [1.54, 1.807) is 47.1 Å². The van der Waals surface area contributed by atoms with Crippen LogP contribution in [-0.4, -0.2) is 51.0 Å². The quantitative estimate of drug-likeness (QED) is 0.104. The third kappa shape index (κ3) is 7.42. The van der Waals surface area contributed by atoms with Crippen molar-refractivity contribution in [2.24, 2.45) is 5.92 Å². The van der Waals surface area contributed by atoms with E-state index in [-0.39, 0.29) is 44.4 Å². The van der Waals surface area contributed by atoms with E-state index in [1.165, 1.54) is 0 Å². The van der Waals surface area contributed by atoms with E-state index < -0.39 is 17.4 Å². The molecule has 0 fully saturated rings. The molecule has 6 rings (SSSR count). The van der Waals surface area contributed by atoms with Gasteiger partial charge < -0.3 is 30.3 Å². The first kappa shape index (κ1) is 34.8. The van der Waals surface area contributed by atoms with Gasteiger partial charge in [0.2, 0.25) is 11.8 Å². The number of nitrogens with one attached hydrogen (secondary N) is 2. The second-order valence-corrected chi connectivity index (χ2v) is 13.5. The summed E-state index contributed by atoms with van der Waals surface area (Å²) >= 11 is 3.50. The molecule has 4 aromatic carbocycles. The molecule has 9 nitrogen and oxygen atoms in total. The highest BCUT2D eigenvalue weighted by molar-refractivity contribution is 9.10. The minimum absolute atomic E-state index is 0.0509. The highest BCUT2D eigenvalue weighted by atomic mass is 79.9. The maximum Gasteiger partial charge on any atom is 0.264 e. The van der Waals surface area contributed by atoms with Crippen LogP contribution in [0.5, 0.6) is 0 Å². The molecule has 10 heteroatoms. The molecule has 0 aliphatic carbocycles. The van der Waals surface area contributed by atoms with Gasteiger partial charge in [-0.1, -0.05) is 95.7 Å². The number of hydrogen-bond donors (Lipinski definition) is 4. The molecule has 2 atom stereocenters. The van der Waals surface area contributed by atoms with Crippen LogP contribution in [0.1, 0.15) is 35.6 Å². The molecule has 0 radical (unpaired) electrons. The standard InChI is InChI=1S/C40H39BrN4O5/c1-27(9-7-16-38(48)44(19-20-46)25-28-10-3-2-4-11-28)40(50)34-23-31(41)17-18-36(34)45(39(40)49)26-29-12-8-13-32(21-29)43-37(47)22-30-24-42-35-15-6-5-14-33(30)35/h2-15,17-18,21,23-24,27,42,46,50H,16,19-20,22,25-26H2,1H3,(H,43,47)/b9-7+/t27-,40+/m0/s1. The Kier molecular flexibility index (Phi) is 10.6. The zero-order valence-electron chi connectivity index (χ0n) is 27.7. The molecule has 1 aliphatic heterocycles. The van der Waals surface area contributed by atoms with Crippen molar-refractivity contribution in [1.29, 1.82) is 0 Å². The molecule has 1 aromatic heterocycles. The Bertz CT molecular complexity index is 2040. The molecule has 1 aliphatic rings. The van der Waals surface area contributed by atoms with Crippen LogP contribution in [0, 0.1) is 5.92 Å². The number of anilines is 2. The number of H-pyrrole nitrogens is 1. The molecule has 0 unspecified atom stereocenters. The highest BCUT2D eigenvalue weighted by Crippen LogP contribution is 2.46. The summed E-state index contributed by atoms with van der Waals surface area (Å²) in [6.07, 6.45) is 5.49. The summed E-state index contributed by atoms with van der Waals surface area (Å²) in [5, 5.41) is 25.7. The van der Waals surface area contributed by atoms with Gasteiger partial charge in [0.15, 0.2) is 5.60 Å². The number of aliphatic hydroxyl groups is 2. The molecular formula is C40H39BrN4O5. The number of para-hydroxylation sites is 1. The zero-order chi connectivity index (χ0) is 35.3. The van der Waals surface area contributed by atoms with Gasteiger partial charge in [0, 0.05) is 58.3 Å². The predicted octanol–water partition coefficient (Wildman–Crippen LogP) is 6.45. The Morgan fingerprint density at radius 1 is 1.00 bits per heavy atom. The van der Waals surface area contributed by atoms with E-state index in [2.05, 4.69) is 26.2 Å². The maximum absolute atomic E-state index is 14.1. The van der Waals surface area contributed by atoms with Gasteiger partial charge in [-0.15, -0.1) is 0 Å². The largest absolute Gasteiger partial charge is 0.395 e. The first-order chi connectivity index (χ1) is 24.2. The molecule has 50 heavy (non-hydrogen) atoms. The summed E-state index contributed by atoms with van der Waals surface area (Å²) in [6.45, 7) is 2.34. The van der Waals surface area contributed by atoms with Crippen LogP contribution in [0.3, 0.4) is 0 Å². The molecule has 3 amide bonds. The summed E-state index contributed by atoms with van der Waals surface area (Å²) in [5.41, 5.74) is 3.39. The van der Waals surface area contributed by atoms with Gasteiger partial charge in [0.05, 0.1) is 25.3 Å². The lowest BCUT2D eigenvalue weighted by molar-refractivity contribution is -0.139. The van der Waals surface area contributed by atoms with Crippen LogP contribution in [0.2, 0.25) is 0 Å². The normalized spacial score (nSPS) is 16.2. The van der Waals surface area contributed by atoms with Gasteiger partial charge in [0.25, 0.3) is 5.91 Å². The Morgan fingerprint density at radius 2 is 1.76 bits per heavy atom. The molecule has 0 bridgehead atoms. The number of nitrogens with zero attached hydrogens (tertiary/aromatic N) is 2. The van der Waals surface area contributed by atoms with E-state index in [4.69, 9.17) is 0 Å². The molecule has 4 N–H and O–H groups in total. The molecule has 2 heterocycles. The van der Waals surface area contributed by atoms with Crippen molar-refractivity contribution in [1.82, 2.24) is 9.88 Å². The SMILES string of the molecule is C[C@@H](/C=C/CC(=O)N(CCO)Cc1ccccc1)[C@]1(O)C(=O)N(Cc2cccc(NC(=O)Cc3c[nH]c4ccccc34)c2)c2ccc(Br)cc21. The lowest BCUT2D eigenvalue weighted by atomic mass is 9.83. The van der Waals surface area contributed by atoms with Crippen LogP contribution in [0.15, 0.2) is 120 Å². The Morgan fingerprint density at radius 3 is 2.56 bits per heavy atom. The third-order valence-corrected chi connectivity index (χ3v) is 9.62. The molecule has 0 saturated carbocycles. The van der Waals surface area contributed by atoms with Crippen LogP contribution in [0.25, 0.3) is 10.9 Å². The van der Waals surface area contributed by atoms with Crippen molar-refractivity contribution >= 4 is 55.9 Å². The summed E-state index contributed by atoms with van der Waals surface area (Å²) < 4.78 is 0.719. The fraction of sp³-hybridized carbons (Fsp3) is 0.225. The van der Waals surface area contributed by atoms with Crippen LogP contribution < -0.4 is 10.2 Å². The monoisotopic (exact) mass is 734 g/mol. The molecular weight excluding hydrogens is 696 g/mol. The molecule has 0 saturated heterocycles. The summed E-state index contributed by atoms with van der Waals surface area (Å²) in [4.78, 5) is 46.6. The Balaban J connectivity index is 1.15. The zero-order valence-corrected chi connectivity index (χ0v) is 29.3. The first-order valence-corrected chi connectivity index (χ1v) is 17.3. The van der Waals surface area contributed by atoms with Crippen molar-refractivity contribution < 1.29 is 24.6 Å². The smallest absolute Gasteiger partial charge is 0.264 e.